The van der Waals surface area contributed by atoms with Crippen molar-refractivity contribution >= 4 is 23.9 Å². The molecule has 0 saturated heterocycles. The molecule has 0 atom stereocenters. The maximum atomic E-state index is 12.1. The van der Waals surface area contributed by atoms with Crippen LogP contribution in [0.15, 0.2) is 6.07 Å². The van der Waals surface area contributed by atoms with E-state index >= 15 is 0 Å². The van der Waals surface area contributed by atoms with Gasteiger partial charge in [-0.05, 0) is 47.9 Å². The fourth-order valence-corrected chi connectivity index (χ4v) is 4.64. The maximum Gasteiger partial charge on any atom is 0.318 e. The van der Waals surface area contributed by atoms with E-state index in [1.165, 1.54) is 13.0 Å². The molecule has 0 amide bonds. The number of nitriles is 1. The number of carboxylic acids is 4. The summed E-state index contributed by atoms with van der Waals surface area (Å²) in [6.07, 6.45) is 0.548. The Balaban J connectivity index is 4.42. The van der Waals surface area contributed by atoms with Crippen molar-refractivity contribution < 1.29 is 39.6 Å². The van der Waals surface area contributed by atoms with Crippen LogP contribution in [0.25, 0.3) is 0 Å². The van der Waals surface area contributed by atoms with E-state index in [0.717, 1.165) is 0 Å². The van der Waals surface area contributed by atoms with E-state index < -0.39 is 41.1 Å². The molecule has 1 rings (SSSR count). The number of aliphatic carboxylic acids is 4. The van der Waals surface area contributed by atoms with Crippen molar-refractivity contribution in [3.8, 4) is 6.07 Å². The van der Waals surface area contributed by atoms with E-state index in [1.807, 2.05) is 0 Å². The van der Waals surface area contributed by atoms with Gasteiger partial charge in [-0.3, -0.25) is 19.2 Å². The molecule has 0 unspecified atom stereocenters. The highest BCUT2D eigenvalue weighted by atomic mass is 16.4. The summed E-state index contributed by atoms with van der Waals surface area (Å²) >= 11 is 0. The summed E-state index contributed by atoms with van der Waals surface area (Å²) in [5.41, 5.74) is -0.440. The lowest BCUT2D eigenvalue weighted by Crippen LogP contribution is -2.55. The average Bonchev–Trinajstić information content (AvgIpc) is 2.69. The molecule has 0 aliphatic heterocycles. The SMILES string of the molecule is CCc1cc(C(CC)(C(C(=O)O)C(=O)O)C(C(=O)O)C(=O)O)c(CC)c(CC)c1C#N. The van der Waals surface area contributed by atoms with E-state index in [4.69, 9.17) is 0 Å². The third kappa shape index (κ3) is 4.24. The van der Waals surface area contributed by atoms with Gasteiger partial charge in [0.05, 0.1) is 11.6 Å². The Labute approximate surface area is 179 Å². The zero-order chi connectivity index (χ0) is 24.1. The first-order valence-corrected chi connectivity index (χ1v) is 9.99. The van der Waals surface area contributed by atoms with Crippen molar-refractivity contribution in [1.82, 2.24) is 0 Å². The molecule has 168 valence electrons. The molecular weight excluding hydrogens is 406 g/mol. The number of hydrogen-bond donors (Lipinski definition) is 4. The van der Waals surface area contributed by atoms with Gasteiger partial charge >= 0.3 is 23.9 Å². The van der Waals surface area contributed by atoms with E-state index in [2.05, 4.69) is 6.07 Å². The van der Waals surface area contributed by atoms with Gasteiger partial charge in [0.15, 0.2) is 11.8 Å². The third-order valence-corrected chi connectivity index (χ3v) is 5.94. The number of carbonyl (C=O) groups is 4. The van der Waals surface area contributed by atoms with E-state index in [1.54, 1.807) is 20.8 Å². The highest BCUT2D eigenvalue weighted by Crippen LogP contribution is 2.47. The first-order valence-electron chi connectivity index (χ1n) is 9.99. The van der Waals surface area contributed by atoms with Gasteiger partial charge in [0.25, 0.3) is 0 Å². The molecule has 0 aromatic heterocycles. The number of aryl methyl sites for hydroxylation is 1. The van der Waals surface area contributed by atoms with Crippen LogP contribution in [0.5, 0.6) is 0 Å². The minimum absolute atomic E-state index is 0.0507. The molecule has 0 bridgehead atoms. The zero-order valence-corrected chi connectivity index (χ0v) is 17.9. The Bertz CT molecular complexity index is 884. The molecule has 0 heterocycles. The standard InChI is InChI=1S/C22H27NO8/c1-5-11-9-15(13(7-3)12(6-2)14(11)10-23)22(8-4,16(18(24)25)19(26)27)17(20(28)29)21(30)31/h9,16-17H,5-8H2,1-4H3,(H,24,25)(H,26,27)(H,28,29)(H,30,31). The second-order valence-corrected chi connectivity index (χ2v) is 7.20. The molecule has 0 radical (unpaired) electrons. The summed E-state index contributed by atoms with van der Waals surface area (Å²) in [6, 6.07) is 3.55. The molecule has 4 N–H and O–H groups in total. The van der Waals surface area contributed by atoms with Crippen LogP contribution >= 0.6 is 0 Å². The molecule has 9 heteroatoms. The highest BCUT2D eigenvalue weighted by Gasteiger charge is 2.59. The molecule has 1 aromatic carbocycles. The van der Waals surface area contributed by atoms with Crippen molar-refractivity contribution in [1.29, 1.82) is 5.26 Å². The van der Waals surface area contributed by atoms with Crippen molar-refractivity contribution in [2.45, 2.75) is 58.8 Å². The fourth-order valence-electron chi connectivity index (χ4n) is 4.64. The van der Waals surface area contributed by atoms with Crippen molar-refractivity contribution in [2.75, 3.05) is 0 Å². The van der Waals surface area contributed by atoms with Gasteiger partial charge in [-0.2, -0.15) is 5.26 Å². The molecule has 0 fully saturated rings. The molecule has 0 saturated carbocycles. The number of benzene rings is 1. The predicted octanol–water partition coefficient (Wildman–Crippen LogP) is 2.46. The summed E-state index contributed by atoms with van der Waals surface area (Å²) in [7, 11) is 0. The van der Waals surface area contributed by atoms with Crippen LogP contribution in [0.4, 0.5) is 0 Å². The lowest BCUT2D eigenvalue weighted by Gasteiger charge is -2.41. The van der Waals surface area contributed by atoms with Gasteiger partial charge in [-0.15, -0.1) is 0 Å². The molecule has 0 aliphatic rings. The monoisotopic (exact) mass is 433 g/mol. The number of hydrogen-bond acceptors (Lipinski definition) is 5. The second-order valence-electron chi connectivity index (χ2n) is 7.20. The molecule has 9 nitrogen and oxygen atoms in total. The summed E-state index contributed by atoms with van der Waals surface area (Å²) in [5, 5.41) is 48.8. The van der Waals surface area contributed by atoms with Gasteiger partial charge in [-0.1, -0.05) is 33.8 Å². The van der Waals surface area contributed by atoms with E-state index in [9.17, 15) is 44.9 Å². The Morgan fingerprint density at radius 2 is 1.26 bits per heavy atom. The smallest absolute Gasteiger partial charge is 0.318 e. The van der Waals surface area contributed by atoms with Crippen LogP contribution in [0.3, 0.4) is 0 Å². The predicted molar refractivity (Wildman–Crippen MR) is 109 cm³/mol. The van der Waals surface area contributed by atoms with Crippen molar-refractivity contribution in [3.05, 3.63) is 33.9 Å². The molecular formula is C22H27NO8. The van der Waals surface area contributed by atoms with Crippen molar-refractivity contribution in [2.24, 2.45) is 11.8 Å². The van der Waals surface area contributed by atoms with E-state index in [-0.39, 0.29) is 18.4 Å². The molecule has 31 heavy (non-hydrogen) atoms. The van der Waals surface area contributed by atoms with Gasteiger partial charge in [0.2, 0.25) is 0 Å². The Kier molecular flexibility index (Phi) is 8.32. The lowest BCUT2D eigenvalue weighted by molar-refractivity contribution is -0.167. The zero-order valence-electron chi connectivity index (χ0n) is 17.9. The Hall–Kier alpha value is -3.41. The lowest BCUT2D eigenvalue weighted by atomic mass is 9.58. The number of carboxylic acid groups (broad SMARTS) is 4. The average molecular weight is 433 g/mol. The Morgan fingerprint density at radius 3 is 1.52 bits per heavy atom. The molecule has 0 aliphatic carbocycles. The third-order valence-electron chi connectivity index (χ3n) is 5.94. The first-order chi connectivity index (χ1) is 14.5. The highest BCUT2D eigenvalue weighted by molar-refractivity contribution is 6.01. The summed E-state index contributed by atoms with van der Waals surface area (Å²) < 4.78 is 0. The second kappa shape index (κ2) is 10.1. The van der Waals surface area contributed by atoms with Crippen LogP contribution in [0, 0.1) is 23.2 Å². The largest absolute Gasteiger partial charge is 0.481 e. The normalized spacial score (nSPS) is 11.4. The van der Waals surface area contributed by atoms with E-state index in [0.29, 0.717) is 35.1 Å². The quantitative estimate of drug-likeness (QED) is 0.382. The van der Waals surface area contributed by atoms with Crippen LogP contribution in [-0.2, 0) is 43.9 Å². The minimum atomic E-state index is -2.33. The Morgan fingerprint density at radius 1 is 0.839 bits per heavy atom. The number of nitrogens with zero attached hydrogens (tertiary/aromatic N) is 1. The maximum absolute atomic E-state index is 12.1. The summed E-state index contributed by atoms with van der Waals surface area (Å²) in [4.78, 5) is 48.3. The van der Waals surface area contributed by atoms with Crippen LogP contribution in [0.2, 0.25) is 0 Å². The molecule has 0 spiro atoms. The van der Waals surface area contributed by atoms with Crippen LogP contribution < -0.4 is 0 Å². The number of rotatable bonds is 11. The van der Waals surface area contributed by atoms with Crippen molar-refractivity contribution in [3.63, 3.8) is 0 Å². The van der Waals surface area contributed by atoms with Gasteiger partial charge in [-0.25, -0.2) is 0 Å². The summed E-state index contributed by atoms with van der Waals surface area (Å²) in [5.74, 6) is -12.0. The van der Waals surface area contributed by atoms with Gasteiger partial charge in [0.1, 0.15) is 0 Å². The summed E-state index contributed by atoms with van der Waals surface area (Å²) in [6.45, 7) is 6.60. The van der Waals surface area contributed by atoms with Crippen LogP contribution in [-0.4, -0.2) is 44.3 Å². The minimum Gasteiger partial charge on any atom is -0.481 e. The van der Waals surface area contributed by atoms with Gasteiger partial charge in [0, 0.05) is 5.41 Å². The topological polar surface area (TPSA) is 173 Å². The molecule has 1 aromatic rings. The van der Waals surface area contributed by atoms with Crippen LogP contribution in [0.1, 0.15) is 61.9 Å². The first kappa shape index (κ1) is 25.6. The van der Waals surface area contributed by atoms with Gasteiger partial charge < -0.3 is 20.4 Å². The fraction of sp³-hybridized carbons (Fsp3) is 0.500.